The summed E-state index contributed by atoms with van der Waals surface area (Å²) in [5, 5.41) is 19.3. The van der Waals surface area contributed by atoms with Crippen LogP contribution in [0.1, 0.15) is 72.6 Å². The molecule has 0 saturated heterocycles. The molecule has 0 bridgehead atoms. The van der Waals surface area contributed by atoms with E-state index in [2.05, 4.69) is 13.8 Å². The van der Waals surface area contributed by atoms with Crippen molar-refractivity contribution in [2.75, 3.05) is 6.61 Å². The molecule has 104 valence electrons. The van der Waals surface area contributed by atoms with Crippen molar-refractivity contribution in [1.29, 1.82) is 0 Å². The fourth-order valence-corrected chi connectivity index (χ4v) is 2.27. The van der Waals surface area contributed by atoms with Crippen LogP contribution in [-0.2, 0) is 0 Å². The minimum atomic E-state index is -0.400. The number of hydrogen-bond donors (Lipinski definition) is 2. The Kier molecular flexibility index (Phi) is 8.89. The van der Waals surface area contributed by atoms with Crippen LogP contribution in [0.5, 0.6) is 0 Å². The van der Waals surface area contributed by atoms with E-state index >= 15 is 0 Å². The number of rotatable bonds is 10. The second-order valence-corrected chi connectivity index (χ2v) is 6.13. The highest BCUT2D eigenvalue weighted by Crippen LogP contribution is 2.28. The Hall–Kier alpha value is -0.0800. The van der Waals surface area contributed by atoms with E-state index in [0.29, 0.717) is 0 Å². The molecule has 0 aliphatic carbocycles. The highest BCUT2D eigenvalue weighted by atomic mass is 16.3. The molecule has 2 N–H and O–H groups in total. The predicted octanol–water partition coefficient (Wildman–Crippen LogP) is 3.75. The van der Waals surface area contributed by atoms with Crippen LogP contribution in [0, 0.1) is 11.3 Å². The highest BCUT2D eigenvalue weighted by Gasteiger charge is 2.30. The zero-order valence-electron chi connectivity index (χ0n) is 12.2. The average molecular weight is 244 g/mol. The largest absolute Gasteiger partial charge is 0.396 e. The van der Waals surface area contributed by atoms with Gasteiger partial charge in [-0.3, -0.25) is 0 Å². The first-order valence-corrected chi connectivity index (χ1v) is 7.24. The Balaban J connectivity index is 3.68. The molecular formula is C15H32O2. The minimum absolute atomic E-state index is 0.0506. The van der Waals surface area contributed by atoms with Crippen LogP contribution >= 0.6 is 0 Å². The van der Waals surface area contributed by atoms with Gasteiger partial charge in [0.2, 0.25) is 0 Å². The van der Waals surface area contributed by atoms with Crippen LogP contribution in [0.15, 0.2) is 0 Å². The third-order valence-corrected chi connectivity index (χ3v) is 3.76. The summed E-state index contributed by atoms with van der Waals surface area (Å²) in [5.41, 5.74) is -0.373. The van der Waals surface area contributed by atoms with E-state index in [9.17, 15) is 10.2 Å². The van der Waals surface area contributed by atoms with Crippen LogP contribution in [0.4, 0.5) is 0 Å². The smallest absolute Gasteiger partial charge is 0.0638 e. The van der Waals surface area contributed by atoms with Crippen molar-refractivity contribution in [2.45, 2.75) is 78.7 Å². The Morgan fingerprint density at radius 3 is 2.06 bits per heavy atom. The maximum atomic E-state index is 10.1. The topological polar surface area (TPSA) is 40.5 Å². The lowest BCUT2D eigenvalue weighted by atomic mass is 9.79. The summed E-state index contributed by atoms with van der Waals surface area (Å²) in [4.78, 5) is 0. The fraction of sp³-hybridized carbons (Fsp3) is 1.00. The lowest BCUT2D eigenvalue weighted by molar-refractivity contribution is -0.0276. The van der Waals surface area contributed by atoms with Crippen molar-refractivity contribution >= 4 is 0 Å². The quantitative estimate of drug-likeness (QED) is 0.575. The van der Waals surface area contributed by atoms with Gasteiger partial charge in [-0.15, -0.1) is 0 Å². The summed E-state index contributed by atoms with van der Waals surface area (Å²) >= 11 is 0. The zero-order chi connectivity index (χ0) is 13.3. The maximum absolute atomic E-state index is 10.1. The van der Waals surface area contributed by atoms with E-state index in [-0.39, 0.29) is 17.9 Å². The van der Waals surface area contributed by atoms with Crippen molar-refractivity contribution in [1.82, 2.24) is 0 Å². The molecule has 0 aliphatic rings. The Bertz CT molecular complexity index is 178. The summed E-state index contributed by atoms with van der Waals surface area (Å²) in [6.45, 7) is 8.23. The van der Waals surface area contributed by atoms with Gasteiger partial charge in [0, 0.05) is 5.41 Å². The van der Waals surface area contributed by atoms with Crippen molar-refractivity contribution < 1.29 is 10.2 Å². The van der Waals surface area contributed by atoms with Crippen LogP contribution in [0.2, 0.25) is 0 Å². The van der Waals surface area contributed by atoms with E-state index < -0.39 is 6.10 Å². The van der Waals surface area contributed by atoms with Gasteiger partial charge in [-0.1, -0.05) is 66.2 Å². The van der Waals surface area contributed by atoms with Gasteiger partial charge >= 0.3 is 0 Å². The second kappa shape index (κ2) is 8.93. The molecule has 2 heteroatoms. The lowest BCUT2D eigenvalue weighted by Crippen LogP contribution is -2.37. The predicted molar refractivity (Wildman–Crippen MR) is 74.0 cm³/mol. The average Bonchev–Trinajstić information content (AvgIpc) is 2.32. The Morgan fingerprint density at radius 2 is 1.53 bits per heavy atom. The van der Waals surface area contributed by atoms with E-state index in [4.69, 9.17) is 0 Å². The third kappa shape index (κ3) is 7.05. The first kappa shape index (κ1) is 16.9. The van der Waals surface area contributed by atoms with Crippen molar-refractivity contribution in [3.8, 4) is 0 Å². The van der Waals surface area contributed by atoms with Crippen LogP contribution < -0.4 is 0 Å². The van der Waals surface area contributed by atoms with E-state index in [1.807, 2.05) is 13.8 Å². The van der Waals surface area contributed by atoms with Gasteiger partial charge in [0.05, 0.1) is 12.7 Å². The fourth-order valence-electron chi connectivity index (χ4n) is 2.27. The summed E-state index contributed by atoms with van der Waals surface area (Å²) in [5.74, 6) is 0.281. The molecule has 0 rings (SSSR count). The molecule has 0 amide bonds. The molecule has 0 aromatic carbocycles. The van der Waals surface area contributed by atoms with Gasteiger partial charge in [0.1, 0.15) is 0 Å². The normalized spacial score (nSPS) is 15.9. The molecule has 0 aromatic heterocycles. The number of unbranched alkanes of at least 4 members (excludes halogenated alkanes) is 5. The minimum Gasteiger partial charge on any atom is -0.396 e. The molecular weight excluding hydrogens is 212 g/mol. The van der Waals surface area contributed by atoms with Crippen LogP contribution in [0.25, 0.3) is 0 Å². The number of hydrogen-bond acceptors (Lipinski definition) is 2. The van der Waals surface area contributed by atoms with Crippen molar-refractivity contribution in [3.05, 3.63) is 0 Å². The summed E-state index contributed by atoms with van der Waals surface area (Å²) in [6, 6.07) is 0. The highest BCUT2D eigenvalue weighted by molar-refractivity contribution is 4.80. The Labute approximate surface area is 107 Å². The molecule has 0 fully saturated rings. The number of aliphatic hydroxyl groups is 2. The first-order valence-electron chi connectivity index (χ1n) is 7.24. The molecule has 0 saturated carbocycles. The van der Waals surface area contributed by atoms with Crippen molar-refractivity contribution in [3.63, 3.8) is 0 Å². The summed E-state index contributed by atoms with van der Waals surface area (Å²) in [7, 11) is 0. The van der Waals surface area contributed by atoms with Gasteiger partial charge in [-0.25, -0.2) is 0 Å². The first-order chi connectivity index (χ1) is 7.95. The van der Waals surface area contributed by atoms with E-state index in [1.165, 1.54) is 38.5 Å². The van der Waals surface area contributed by atoms with Gasteiger partial charge in [-0.05, 0) is 12.3 Å². The molecule has 2 nitrogen and oxygen atoms in total. The lowest BCUT2D eigenvalue weighted by Gasteiger charge is -2.32. The van der Waals surface area contributed by atoms with Gasteiger partial charge in [-0.2, -0.15) is 0 Å². The molecule has 0 spiro atoms. The molecule has 0 aromatic rings. The van der Waals surface area contributed by atoms with Gasteiger partial charge < -0.3 is 10.2 Å². The van der Waals surface area contributed by atoms with Crippen LogP contribution in [-0.4, -0.2) is 22.9 Å². The monoisotopic (exact) mass is 244 g/mol. The van der Waals surface area contributed by atoms with E-state index in [0.717, 1.165) is 6.42 Å². The maximum Gasteiger partial charge on any atom is 0.0638 e. The van der Waals surface area contributed by atoms with Crippen LogP contribution in [0.3, 0.4) is 0 Å². The third-order valence-electron chi connectivity index (χ3n) is 3.76. The molecule has 17 heavy (non-hydrogen) atoms. The summed E-state index contributed by atoms with van der Waals surface area (Å²) < 4.78 is 0. The van der Waals surface area contributed by atoms with Gasteiger partial charge in [0.15, 0.2) is 0 Å². The second-order valence-electron chi connectivity index (χ2n) is 6.13. The molecule has 0 aliphatic heterocycles. The van der Waals surface area contributed by atoms with Gasteiger partial charge in [0.25, 0.3) is 0 Å². The SMILES string of the molecule is CCCCCCCCC(C)C(O)C(C)(C)CO. The van der Waals surface area contributed by atoms with Crippen molar-refractivity contribution in [2.24, 2.45) is 11.3 Å². The molecule has 0 radical (unpaired) electrons. The zero-order valence-corrected chi connectivity index (χ0v) is 12.2. The standard InChI is InChI=1S/C15H32O2/c1-5-6-7-8-9-10-11-13(2)14(17)15(3,4)12-16/h13-14,16-17H,5-12H2,1-4H3. The number of aliphatic hydroxyl groups excluding tert-OH is 2. The Morgan fingerprint density at radius 1 is 1.00 bits per heavy atom. The molecule has 0 heterocycles. The van der Waals surface area contributed by atoms with E-state index in [1.54, 1.807) is 0 Å². The molecule has 2 unspecified atom stereocenters. The summed E-state index contributed by atoms with van der Waals surface area (Å²) in [6.07, 6.45) is 8.44. The molecule has 2 atom stereocenters.